The molecule has 1 aliphatic heterocycles. The van der Waals surface area contributed by atoms with E-state index in [1.54, 1.807) is 0 Å². The van der Waals surface area contributed by atoms with Crippen molar-refractivity contribution < 1.29 is 0 Å². The molecule has 4 heteroatoms. The Kier molecular flexibility index (Phi) is 6.31. The molecule has 0 spiro atoms. The Morgan fingerprint density at radius 3 is 2.84 bits per heavy atom. The molecule has 2 aliphatic carbocycles. The van der Waals surface area contributed by atoms with Crippen LogP contribution in [0.4, 0.5) is 0 Å². The maximum Gasteiger partial charge on any atom is 0.0524 e. The second-order valence-electron chi connectivity index (χ2n) is 9.58. The van der Waals surface area contributed by atoms with E-state index >= 15 is 0 Å². The molecule has 2 nitrogen and oxygen atoms in total. The number of hydrogen-bond donors (Lipinski definition) is 0. The number of benzene rings is 1. The summed E-state index contributed by atoms with van der Waals surface area (Å²) in [5, 5.41) is 1.38. The number of pyridine rings is 1. The Hall–Kier alpha value is -1.84. The molecular weight excluding hydrogens is 480 g/mol. The van der Waals surface area contributed by atoms with Crippen molar-refractivity contribution in [3.8, 4) is 0 Å². The minimum absolute atomic E-state index is 0. The highest BCUT2D eigenvalue weighted by atomic mass is 79.9. The standard InChI is InChI=1S/C28H29BrN2.ClH/c29-23-12-7-19(8-13-23)3-1-4-20-9-14-26-22(17-20)11-10-21-5-2-6-24-25-18-30-16-15-27(25)31(26)28(21)24;/h5,7-8,10-13,15-16,18,20,22,26H,1-4,6,9,14,17H2;1H. The number of aromatic nitrogens is 2. The Morgan fingerprint density at radius 2 is 1.97 bits per heavy atom. The first-order valence-corrected chi connectivity index (χ1v) is 12.7. The second-order valence-corrected chi connectivity index (χ2v) is 10.5. The maximum atomic E-state index is 4.46. The van der Waals surface area contributed by atoms with E-state index in [0.717, 1.165) is 18.8 Å². The third-order valence-corrected chi connectivity index (χ3v) is 8.29. The summed E-state index contributed by atoms with van der Waals surface area (Å²) >= 11 is 3.54. The van der Waals surface area contributed by atoms with Crippen molar-refractivity contribution in [2.45, 2.75) is 57.4 Å². The fourth-order valence-corrected chi connectivity index (χ4v) is 6.56. The van der Waals surface area contributed by atoms with Crippen LogP contribution in [-0.4, -0.2) is 9.55 Å². The van der Waals surface area contributed by atoms with Crippen molar-refractivity contribution in [1.29, 1.82) is 0 Å². The lowest BCUT2D eigenvalue weighted by molar-refractivity contribution is 0.212. The molecule has 0 saturated heterocycles. The van der Waals surface area contributed by atoms with Gasteiger partial charge in [0.25, 0.3) is 0 Å². The molecule has 166 valence electrons. The van der Waals surface area contributed by atoms with E-state index in [1.165, 1.54) is 76.3 Å². The van der Waals surface area contributed by atoms with Gasteiger partial charge in [0.15, 0.2) is 0 Å². The lowest BCUT2D eigenvalue weighted by atomic mass is 9.76. The highest BCUT2D eigenvalue weighted by molar-refractivity contribution is 9.10. The highest BCUT2D eigenvalue weighted by Gasteiger charge is 2.35. The van der Waals surface area contributed by atoms with Gasteiger partial charge in [0.2, 0.25) is 0 Å². The number of fused-ring (bicyclic) bond motifs is 5. The van der Waals surface area contributed by atoms with E-state index < -0.39 is 0 Å². The van der Waals surface area contributed by atoms with Gasteiger partial charge in [-0.05, 0) is 91.7 Å². The average molecular weight is 510 g/mol. The Balaban J connectivity index is 0.00000216. The molecule has 3 heterocycles. The third kappa shape index (κ3) is 3.88. The van der Waals surface area contributed by atoms with Gasteiger partial charge in [-0.2, -0.15) is 0 Å². The molecule has 0 N–H and O–H groups in total. The molecule has 1 saturated carbocycles. The molecule has 0 radical (unpaired) electrons. The number of hydrogen-bond acceptors (Lipinski definition) is 1. The van der Waals surface area contributed by atoms with Gasteiger partial charge in [-0.1, -0.05) is 52.7 Å². The number of halogens is 2. The van der Waals surface area contributed by atoms with Crippen LogP contribution in [0.3, 0.4) is 0 Å². The van der Waals surface area contributed by atoms with Gasteiger partial charge < -0.3 is 4.57 Å². The maximum absolute atomic E-state index is 4.46. The van der Waals surface area contributed by atoms with Crippen LogP contribution < -0.4 is 0 Å². The fourth-order valence-electron chi connectivity index (χ4n) is 6.29. The molecule has 6 rings (SSSR count). The molecule has 3 unspecified atom stereocenters. The van der Waals surface area contributed by atoms with Gasteiger partial charge in [-0.3, -0.25) is 4.98 Å². The van der Waals surface area contributed by atoms with Crippen LogP contribution in [0.2, 0.25) is 0 Å². The number of allylic oxidation sites excluding steroid dienone is 4. The lowest BCUT2D eigenvalue weighted by Gasteiger charge is -2.36. The Labute approximate surface area is 205 Å². The van der Waals surface area contributed by atoms with Crippen molar-refractivity contribution in [1.82, 2.24) is 9.55 Å². The van der Waals surface area contributed by atoms with Crippen molar-refractivity contribution in [2.24, 2.45) is 11.8 Å². The summed E-state index contributed by atoms with van der Waals surface area (Å²) < 4.78 is 3.88. The van der Waals surface area contributed by atoms with Crippen LogP contribution in [0.5, 0.6) is 0 Å². The SMILES string of the molecule is Brc1ccc(CCCC2CCC3C(C=CC4=CCCc5c4n3c3ccncc53)C2)cc1.Cl. The molecule has 3 aromatic rings. The van der Waals surface area contributed by atoms with Crippen molar-refractivity contribution >= 4 is 44.8 Å². The van der Waals surface area contributed by atoms with Gasteiger partial charge in [0, 0.05) is 28.3 Å². The number of rotatable bonds is 4. The van der Waals surface area contributed by atoms with Crippen molar-refractivity contribution in [3.63, 3.8) is 0 Å². The summed E-state index contributed by atoms with van der Waals surface area (Å²) in [6.45, 7) is 0. The first-order valence-electron chi connectivity index (χ1n) is 11.9. The third-order valence-electron chi connectivity index (χ3n) is 7.76. The van der Waals surface area contributed by atoms with Gasteiger partial charge >= 0.3 is 0 Å². The van der Waals surface area contributed by atoms with Crippen LogP contribution in [0.15, 0.2) is 65.4 Å². The van der Waals surface area contributed by atoms with Gasteiger partial charge in [-0.15, -0.1) is 12.4 Å². The quantitative estimate of drug-likeness (QED) is 0.347. The summed E-state index contributed by atoms with van der Waals surface area (Å²) in [5.41, 5.74) is 7.33. The molecule has 0 amide bonds. The smallest absolute Gasteiger partial charge is 0.0524 e. The van der Waals surface area contributed by atoms with E-state index in [4.69, 9.17) is 0 Å². The normalized spacial score (nSPS) is 23.7. The van der Waals surface area contributed by atoms with E-state index in [0.29, 0.717) is 12.0 Å². The van der Waals surface area contributed by atoms with Crippen LogP contribution in [-0.2, 0) is 12.8 Å². The number of nitrogens with zero attached hydrogens (tertiary/aromatic N) is 2. The van der Waals surface area contributed by atoms with Crippen LogP contribution in [0.25, 0.3) is 16.5 Å². The van der Waals surface area contributed by atoms with Crippen LogP contribution in [0, 0.1) is 11.8 Å². The van der Waals surface area contributed by atoms with Crippen LogP contribution in [0.1, 0.15) is 61.4 Å². The summed E-state index contributed by atoms with van der Waals surface area (Å²) in [6.07, 6.45) is 21.6. The molecule has 1 aromatic carbocycles. The van der Waals surface area contributed by atoms with Gasteiger partial charge in [0.05, 0.1) is 11.2 Å². The largest absolute Gasteiger partial charge is 0.336 e. The summed E-state index contributed by atoms with van der Waals surface area (Å²) in [6, 6.07) is 11.7. The predicted octanol–water partition coefficient (Wildman–Crippen LogP) is 8.10. The van der Waals surface area contributed by atoms with Gasteiger partial charge in [0.1, 0.15) is 0 Å². The summed E-state index contributed by atoms with van der Waals surface area (Å²) in [4.78, 5) is 4.46. The summed E-state index contributed by atoms with van der Waals surface area (Å²) in [7, 11) is 0. The van der Waals surface area contributed by atoms with Crippen LogP contribution >= 0.6 is 28.3 Å². The zero-order chi connectivity index (χ0) is 20.8. The predicted molar refractivity (Wildman–Crippen MR) is 139 cm³/mol. The number of aryl methyl sites for hydroxylation is 2. The van der Waals surface area contributed by atoms with E-state index in [-0.39, 0.29) is 12.4 Å². The van der Waals surface area contributed by atoms with E-state index in [9.17, 15) is 0 Å². The molecule has 0 bridgehead atoms. The van der Waals surface area contributed by atoms with E-state index in [1.807, 2.05) is 6.20 Å². The Bertz CT molecular complexity index is 1170. The molecule has 3 atom stereocenters. The topological polar surface area (TPSA) is 17.8 Å². The second kappa shape index (κ2) is 9.19. The first kappa shape index (κ1) is 22.0. The lowest BCUT2D eigenvalue weighted by Crippen LogP contribution is -2.26. The van der Waals surface area contributed by atoms with Crippen molar-refractivity contribution in [2.75, 3.05) is 0 Å². The van der Waals surface area contributed by atoms with E-state index in [2.05, 4.69) is 80.2 Å². The fraction of sp³-hybridized carbons (Fsp3) is 0.393. The molecule has 2 aromatic heterocycles. The molecule has 3 aliphatic rings. The Morgan fingerprint density at radius 1 is 1.09 bits per heavy atom. The molecular formula is C28H30BrClN2. The molecule has 1 fully saturated rings. The zero-order valence-corrected chi connectivity index (χ0v) is 20.7. The minimum Gasteiger partial charge on any atom is -0.336 e. The zero-order valence-electron chi connectivity index (χ0n) is 18.3. The molecule has 32 heavy (non-hydrogen) atoms. The monoisotopic (exact) mass is 508 g/mol. The minimum atomic E-state index is 0. The average Bonchev–Trinajstić information content (AvgIpc) is 3.04. The highest BCUT2D eigenvalue weighted by Crippen LogP contribution is 2.48. The summed E-state index contributed by atoms with van der Waals surface area (Å²) in [5.74, 6) is 1.49. The van der Waals surface area contributed by atoms with Gasteiger partial charge in [-0.25, -0.2) is 0 Å². The van der Waals surface area contributed by atoms with Crippen molar-refractivity contribution in [3.05, 3.63) is 82.2 Å². The first-order chi connectivity index (χ1) is 15.3.